The quantitative estimate of drug-likeness (QED) is 0.501. The number of benzene rings is 4. The maximum Gasteiger partial charge on any atom is 0.112 e. The highest BCUT2D eigenvalue weighted by atomic mass is 16.3. The van der Waals surface area contributed by atoms with Crippen LogP contribution in [-0.4, -0.2) is 5.11 Å². The molecule has 0 aromatic heterocycles. The topological polar surface area (TPSA) is 20.2 Å². The van der Waals surface area contributed by atoms with Gasteiger partial charge in [0.2, 0.25) is 0 Å². The zero-order valence-electron chi connectivity index (χ0n) is 13.0. The number of aliphatic hydroxyl groups is 1. The molecule has 0 heterocycles. The second-order valence-electron chi connectivity index (χ2n) is 6.13. The van der Waals surface area contributed by atoms with E-state index >= 15 is 0 Å². The lowest BCUT2D eigenvalue weighted by atomic mass is 9.83. The Labute approximate surface area is 135 Å². The van der Waals surface area contributed by atoms with E-state index in [0.29, 0.717) is 0 Å². The lowest BCUT2D eigenvalue weighted by Crippen LogP contribution is -2.23. The average Bonchev–Trinajstić information content (AvgIpc) is 2.62. The first-order valence-electron chi connectivity index (χ1n) is 7.87. The third-order valence-corrected chi connectivity index (χ3v) is 4.63. The first-order valence-corrected chi connectivity index (χ1v) is 7.87. The van der Waals surface area contributed by atoms with Crippen molar-refractivity contribution in [3.63, 3.8) is 0 Å². The summed E-state index contributed by atoms with van der Waals surface area (Å²) in [5.41, 5.74) is 0.809. The third kappa shape index (κ3) is 2.21. The maximum atomic E-state index is 11.3. The monoisotopic (exact) mass is 298 g/mol. The summed E-state index contributed by atoms with van der Waals surface area (Å²) in [5.74, 6) is 0. The summed E-state index contributed by atoms with van der Waals surface area (Å²) in [4.78, 5) is 0. The van der Waals surface area contributed by atoms with Crippen molar-refractivity contribution >= 4 is 21.5 Å². The minimum atomic E-state index is -1.04. The summed E-state index contributed by atoms with van der Waals surface area (Å²) in [6.45, 7) is 1.87. The van der Waals surface area contributed by atoms with E-state index in [0.717, 1.165) is 21.9 Å². The molecule has 1 unspecified atom stereocenters. The molecule has 0 spiro atoms. The van der Waals surface area contributed by atoms with E-state index in [-0.39, 0.29) is 0 Å². The highest BCUT2D eigenvalue weighted by Crippen LogP contribution is 2.37. The van der Waals surface area contributed by atoms with Crippen LogP contribution in [0.2, 0.25) is 0 Å². The van der Waals surface area contributed by atoms with Crippen LogP contribution < -0.4 is 0 Å². The molecule has 0 aliphatic heterocycles. The predicted octanol–water partition coefficient (Wildman–Crippen LogP) is 5.25. The molecule has 1 N–H and O–H groups in total. The Morgan fingerprint density at radius 1 is 0.652 bits per heavy atom. The summed E-state index contributed by atoms with van der Waals surface area (Å²) in [6.07, 6.45) is 0. The number of hydrogen-bond acceptors (Lipinski definition) is 1. The molecule has 23 heavy (non-hydrogen) atoms. The second-order valence-corrected chi connectivity index (χ2v) is 6.13. The molecule has 4 aromatic carbocycles. The SMILES string of the molecule is CC(O)(c1ccccc1)c1cc2ccccc2c2ccccc12. The van der Waals surface area contributed by atoms with Gasteiger partial charge in [0.1, 0.15) is 5.60 Å². The molecule has 0 bridgehead atoms. The molecule has 1 heteroatoms. The zero-order chi connectivity index (χ0) is 15.9. The Kier molecular flexibility index (Phi) is 3.17. The van der Waals surface area contributed by atoms with E-state index in [2.05, 4.69) is 42.5 Å². The van der Waals surface area contributed by atoms with Gasteiger partial charge in [0.05, 0.1) is 0 Å². The molecular formula is C22H18O. The lowest BCUT2D eigenvalue weighted by Gasteiger charge is -2.27. The fraction of sp³-hybridized carbons (Fsp3) is 0.0909. The van der Waals surface area contributed by atoms with Gasteiger partial charge >= 0.3 is 0 Å². The van der Waals surface area contributed by atoms with Crippen LogP contribution in [0.5, 0.6) is 0 Å². The Hall–Kier alpha value is -2.64. The first-order chi connectivity index (χ1) is 11.2. The van der Waals surface area contributed by atoms with E-state index in [9.17, 15) is 5.11 Å². The van der Waals surface area contributed by atoms with Crippen molar-refractivity contribution < 1.29 is 5.11 Å². The molecule has 112 valence electrons. The molecule has 1 atom stereocenters. The molecule has 0 aliphatic rings. The predicted molar refractivity (Wildman–Crippen MR) is 96.6 cm³/mol. The zero-order valence-corrected chi connectivity index (χ0v) is 13.0. The summed E-state index contributed by atoms with van der Waals surface area (Å²) >= 11 is 0. The van der Waals surface area contributed by atoms with Gasteiger partial charge < -0.3 is 5.11 Å². The molecule has 4 aromatic rings. The van der Waals surface area contributed by atoms with Crippen molar-refractivity contribution in [2.45, 2.75) is 12.5 Å². The molecular weight excluding hydrogens is 280 g/mol. The van der Waals surface area contributed by atoms with Crippen LogP contribution >= 0.6 is 0 Å². The van der Waals surface area contributed by atoms with Crippen LogP contribution in [0.1, 0.15) is 18.1 Å². The molecule has 0 saturated heterocycles. The van der Waals surface area contributed by atoms with E-state index in [1.807, 2.05) is 49.4 Å². The van der Waals surface area contributed by atoms with E-state index in [4.69, 9.17) is 0 Å². The minimum absolute atomic E-state index is 0.903. The normalized spacial score (nSPS) is 14.0. The fourth-order valence-corrected chi connectivity index (χ4v) is 3.38. The molecule has 4 rings (SSSR count). The van der Waals surface area contributed by atoms with Crippen LogP contribution in [0.15, 0.2) is 84.9 Å². The van der Waals surface area contributed by atoms with Crippen molar-refractivity contribution in [2.24, 2.45) is 0 Å². The molecule has 1 nitrogen and oxygen atoms in total. The average molecular weight is 298 g/mol. The van der Waals surface area contributed by atoms with Crippen LogP contribution in [-0.2, 0) is 5.60 Å². The van der Waals surface area contributed by atoms with Crippen LogP contribution in [0.3, 0.4) is 0 Å². The highest BCUT2D eigenvalue weighted by molar-refractivity contribution is 6.09. The van der Waals surface area contributed by atoms with Crippen molar-refractivity contribution in [1.29, 1.82) is 0 Å². The van der Waals surface area contributed by atoms with Gasteiger partial charge in [-0.2, -0.15) is 0 Å². The maximum absolute atomic E-state index is 11.3. The summed E-state index contributed by atoms with van der Waals surface area (Å²) in [5, 5.41) is 16.0. The van der Waals surface area contributed by atoms with Gasteiger partial charge in [0.25, 0.3) is 0 Å². The summed E-state index contributed by atoms with van der Waals surface area (Å²) in [6, 6.07) is 28.6. The molecule has 0 radical (unpaired) electrons. The van der Waals surface area contributed by atoms with Gasteiger partial charge in [-0.3, -0.25) is 0 Å². The highest BCUT2D eigenvalue weighted by Gasteiger charge is 2.27. The summed E-state index contributed by atoms with van der Waals surface area (Å²) < 4.78 is 0. The molecule has 0 saturated carbocycles. The van der Waals surface area contributed by atoms with Crippen molar-refractivity contribution in [3.05, 3.63) is 96.1 Å². The molecule has 0 fully saturated rings. The van der Waals surface area contributed by atoms with Crippen LogP contribution in [0.25, 0.3) is 21.5 Å². The first kappa shape index (κ1) is 14.0. The van der Waals surface area contributed by atoms with E-state index in [1.165, 1.54) is 10.8 Å². The minimum Gasteiger partial charge on any atom is -0.381 e. The van der Waals surface area contributed by atoms with Gasteiger partial charge in [0, 0.05) is 0 Å². The largest absolute Gasteiger partial charge is 0.381 e. The van der Waals surface area contributed by atoms with Gasteiger partial charge in [-0.25, -0.2) is 0 Å². The van der Waals surface area contributed by atoms with Gasteiger partial charge in [-0.1, -0.05) is 78.9 Å². The van der Waals surface area contributed by atoms with Crippen molar-refractivity contribution in [2.75, 3.05) is 0 Å². The third-order valence-electron chi connectivity index (χ3n) is 4.63. The number of hydrogen-bond donors (Lipinski definition) is 1. The second kappa shape index (κ2) is 5.22. The molecule has 0 aliphatic carbocycles. The Bertz CT molecular complexity index is 984. The standard InChI is InChI=1S/C22H18O/c1-22(23,17-10-3-2-4-11-17)21-15-16-9-5-6-12-18(16)19-13-7-8-14-20(19)21/h2-15,23H,1H3. The Balaban J connectivity index is 2.10. The van der Waals surface area contributed by atoms with Crippen LogP contribution in [0, 0.1) is 0 Å². The Morgan fingerprint density at radius 3 is 1.96 bits per heavy atom. The van der Waals surface area contributed by atoms with Crippen molar-refractivity contribution in [1.82, 2.24) is 0 Å². The van der Waals surface area contributed by atoms with Crippen LogP contribution in [0.4, 0.5) is 0 Å². The number of fused-ring (bicyclic) bond motifs is 3. The Morgan fingerprint density at radius 2 is 1.22 bits per heavy atom. The van der Waals surface area contributed by atoms with Gasteiger partial charge in [0.15, 0.2) is 0 Å². The van der Waals surface area contributed by atoms with Gasteiger partial charge in [-0.05, 0) is 45.7 Å². The fourth-order valence-electron chi connectivity index (χ4n) is 3.38. The van der Waals surface area contributed by atoms with Gasteiger partial charge in [-0.15, -0.1) is 0 Å². The van der Waals surface area contributed by atoms with E-state index < -0.39 is 5.60 Å². The summed E-state index contributed by atoms with van der Waals surface area (Å²) in [7, 11) is 0. The smallest absolute Gasteiger partial charge is 0.112 e. The number of rotatable bonds is 2. The van der Waals surface area contributed by atoms with Crippen molar-refractivity contribution in [3.8, 4) is 0 Å². The van der Waals surface area contributed by atoms with E-state index in [1.54, 1.807) is 0 Å². The molecule has 0 amide bonds. The lowest BCUT2D eigenvalue weighted by molar-refractivity contribution is 0.104.